The summed E-state index contributed by atoms with van der Waals surface area (Å²) >= 11 is 0. The summed E-state index contributed by atoms with van der Waals surface area (Å²) < 4.78 is 26.8. The van der Waals surface area contributed by atoms with Gasteiger partial charge in [-0.3, -0.25) is 13.8 Å². The second-order valence-corrected chi connectivity index (χ2v) is 8.03. The summed E-state index contributed by atoms with van der Waals surface area (Å²) in [6.45, 7) is 3.70. The number of anilines is 2. The number of nitrogens with one attached hydrogen (secondary N) is 2. The fourth-order valence-electron chi connectivity index (χ4n) is 3.08. The second-order valence-electron chi connectivity index (χ2n) is 6.39. The highest BCUT2D eigenvalue weighted by atomic mass is 32.2. The molecule has 26 heavy (non-hydrogen) atoms. The molecule has 0 atom stereocenters. The Labute approximate surface area is 150 Å². The van der Waals surface area contributed by atoms with E-state index in [9.17, 15) is 18.0 Å². The highest BCUT2D eigenvalue weighted by Gasteiger charge is 2.18. The van der Waals surface area contributed by atoms with Gasteiger partial charge in [0.2, 0.25) is 10.9 Å². The number of aryl methyl sites for hydroxylation is 2. The van der Waals surface area contributed by atoms with Crippen LogP contribution in [0.4, 0.5) is 11.4 Å². The van der Waals surface area contributed by atoms with Gasteiger partial charge in [-0.25, -0.2) is 0 Å². The van der Waals surface area contributed by atoms with Gasteiger partial charge in [0.25, 0.3) is 10.1 Å². The summed E-state index contributed by atoms with van der Waals surface area (Å²) in [5.41, 5.74) is 3.57. The standard InChI is InChI=1S/C18H20N2O5S/c1-10-13(20-16-11(2)17(21)18(16)22)6-7-14-15(10)12(9-19-14)5-4-8-25-26(3,23)24/h6-7,9,19-20H,4-5,8H2,1-3H3. The Balaban J connectivity index is 1.84. The molecule has 2 N–H and O–H groups in total. The van der Waals surface area contributed by atoms with E-state index < -0.39 is 21.0 Å². The summed E-state index contributed by atoms with van der Waals surface area (Å²) in [4.78, 5) is 26.3. The lowest BCUT2D eigenvalue weighted by atomic mass is 10.0. The van der Waals surface area contributed by atoms with Crippen molar-refractivity contribution in [3.63, 3.8) is 0 Å². The van der Waals surface area contributed by atoms with E-state index in [4.69, 9.17) is 4.18 Å². The molecule has 1 heterocycles. The summed E-state index contributed by atoms with van der Waals surface area (Å²) in [5, 5.41) is 4.08. The first kappa shape index (κ1) is 18.3. The van der Waals surface area contributed by atoms with Gasteiger partial charge in [-0.1, -0.05) is 0 Å². The number of H-pyrrole nitrogens is 1. The van der Waals surface area contributed by atoms with Crippen LogP contribution in [0, 0.1) is 13.8 Å². The van der Waals surface area contributed by atoms with Gasteiger partial charge in [-0.2, -0.15) is 8.42 Å². The first-order chi connectivity index (χ1) is 12.2. The molecule has 0 radical (unpaired) electrons. The smallest absolute Gasteiger partial charge is 0.264 e. The monoisotopic (exact) mass is 376 g/mol. The largest absolute Gasteiger partial charge is 0.361 e. The third-order valence-electron chi connectivity index (χ3n) is 4.48. The minimum Gasteiger partial charge on any atom is -0.361 e. The van der Waals surface area contributed by atoms with Gasteiger partial charge < -0.3 is 10.3 Å². The Morgan fingerprint density at radius 3 is 2.50 bits per heavy atom. The van der Waals surface area contributed by atoms with Crippen molar-refractivity contribution in [2.45, 2.75) is 26.7 Å². The van der Waals surface area contributed by atoms with E-state index in [0.29, 0.717) is 24.1 Å². The van der Waals surface area contributed by atoms with E-state index in [1.54, 1.807) is 6.92 Å². The Kier molecular flexibility index (Phi) is 4.72. The van der Waals surface area contributed by atoms with Crippen molar-refractivity contribution in [1.82, 2.24) is 4.98 Å². The van der Waals surface area contributed by atoms with Crippen LogP contribution in [0.5, 0.6) is 0 Å². The van der Waals surface area contributed by atoms with Gasteiger partial charge in [0.15, 0.2) is 0 Å². The van der Waals surface area contributed by atoms with Crippen molar-refractivity contribution in [2.24, 2.45) is 0 Å². The fraction of sp³-hybridized carbons (Fsp3) is 0.333. The molecular formula is C18H20N2O5S. The molecule has 3 aromatic rings. The molecule has 0 bridgehead atoms. The maximum absolute atomic E-state index is 11.7. The second kappa shape index (κ2) is 6.69. The first-order valence-electron chi connectivity index (χ1n) is 8.20. The minimum absolute atomic E-state index is 0.130. The van der Waals surface area contributed by atoms with Crippen LogP contribution in [-0.4, -0.2) is 26.3 Å². The summed E-state index contributed by atoms with van der Waals surface area (Å²) in [6.07, 6.45) is 4.14. The summed E-state index contributed by atoms with van der Waals surface area (Å²) in [7, 11) is -3.43. The lowest BCUT2D eigenvalue weighted by molar-refractivity contribution is 0.316. The van der Waals surface area contributed by atoms with Gasteiger partial charge in [0.1, 0.15) is 0 Å². The zero-order valence-corrected chi connectivity index (χ0v) is 15.6. The van der Waals surface area contributed by atoms with Gasteiger partial charge in [0.05, 0.1) is 18.6 Å². The molecule has 0 saturated heterocycles. The average molecular weight is 376 g/mol. The average Bonchev–Trinajstić information content (AvgIpc) is 3.00. The number of hydrogen-bond acceptors (Lipinski definition) is 6. The number of rotatable bonds is 7. The quantitative estimate of drug-likeness (QED) is 0.371. The van der Waals surface area contributed by atoms with Crippen molar-refractivity contribution in [3.8, 4) is 0 Å². The first-order valence-corrected chi connectivity index (χ1v) is 10.0. The number of hydrogen-bond donors (Lipinski definition) is 2. The van der Waals surface area contributed by atoms with E-state index in [2.05, 4.69) is 10.3 Å². The number of fused-ring (bicyclic) bond motifs is 1. The number of benzene rings is 1. The zero-order valence-electron chi connectivity index (χ0n) is 14.8. The van der Waals surface area contributed by atoms with Crippen LogP contribution in [0.2, 0.25) is 0 Å². The summed E-state index contributed by atoms with van der Waals surface area (Å²) in [5.74, 6) is 0. The van der Waals surface area contributed by atoms with Gasteiger partial charge in [0, 0.05) is 28.4 Å². The Bertz CT molecular complexity index is 1150. The fourth-order valence-corrected chi connectivity index (χ4v) is 3.50. The predicted molar refractivity (Wildman–Crippen MR) is 102 cm³/mol. The Morgan fingerprint density at radius 2 is 1.85 bits per heavy atom. The van der Waals surface area contributed by atoms with Crippen molar-refractivity contribution >= 4 is 32.4 Å². The maximum Gasteiger partial charge on any atom is 0.264 e. The molecule has 1 aromatic heterocycles. The molecule has 0 aliphatic carbocycles. The van der Waals surface area contributed by atoms with Crippen LogP contribution < -0.4 is 16.2 Å². The van der Waals surface area contributed by atoms with E-state index in [-0.39, 0.29) is 6.61 Å². The Hall–Kier alpha value is -2.45. The minimum atomic E-state index is -3.43. The Morgan fingerprint density at radius 1 is 1.12 bits per heavy atom. The van der Waals surface area contributed by atoms with Crippen LogP contribution in [0.1, 0.15) is 23.1 Å². The topological polar surface area (TPSA) is 105 Å². The molecule has 2 aromatic carbocycles. The van der Waals surface area contributed by atoms with Crippen molar-refractivity contribution < 1.29 is 12.6 Å². The molecule has 0 spiro atoms. The molecule has 7 nitrogen and oxygen atoms in total. The van der Waals surface area contributed by atoms with Crippen LogP contribution >= 0.6 is 0 Å². The van der Waals surface area contributed by atoms with Crippen LogP contribution in [-0.2, 0) is 20.7 Å². The molecule has 0 unspecified atom stereocenters. The van der Waals surface area contributed by atoms with E-state index >= 15 is 0 Å². The molecule has 138 valence electrons. The predicted octanol–water partition coefficient (Wildman–Crippen LogP) is 2.03. The SMILES string of the molecule is Cc1c(Nc2ccc3[nH]cc(CCCOS(C)(=O)=O)c3c2C)c(=O)c1=O. The molecule has 0 aliphatic heterocycles. The normalized spacial score (nSPS) is 12.1. The van der Waals surface area contributed by atoms with Gasteiger partial charge >= 0.3 is 0 Å². The molecule has 8 heteroatoms. The lowest BCUT2D eigenvalue weighted by Crippen LogP contribution is -2.36. The van der Waals surface area contributed by atoms with Crippen LogP contribution in [0.3, 0.4) is 0 Å². The number of aromatic amines is 1. The molecule has 0 amide bonds. The third-order valence-corrected chi connectivity index (χ3v) is 5.08. The maximum atomic E-state index is 11.7. The van der Waals surface area contributed by atoms with Crippen LogP contribution in [0.25, 0.3) is 10.9 Å². The number of aromatic nitrogens is 1. The van der Waals surface area contributed by atoms with Gasteiger partial charge in [-0.05, 0) is 49.9 Å². The summed E-state index contributed by atoms with van der Waals surface area (Å²) in [6, 6.07) is 3.77. The molecule has 0 saturated carbocycles. The molecule has 0 aliphatic rings. The van der Waals surface area contributed by atoms with Crippen LogP contribution in [0.15, 0.2) is 27.9 Å². The van der Waals surface area contributed by atoms with E-state index in [0.717, 1.165) is 34.0 Å². The van der Waals surface area contributed by atoms with E-state index in [1.165, 1.54) is 0 Å². The van der Waals surface area contributed by atoms with Gasteiger partial charge in [-0.15, -0.1) is 0 Å². The zero-order chi connectivity index (χ0) is 19.1. The molecule has 0 fully saturated rings. The third kappa shape index (κ3) is 3.42. The van der Waals surface area contributed by atoms with E-state index in [1.807, 2.05) is 25.3 Å². The van der Waals surface area contributed by atoms with Crippen molar-refractivity contribution in [2.75, 3.05) is 18.2 Å². The highest BCUT2D eigenvalue weighted by molar-refractivity contribution is 7.85. The lowest BCUT2D eigenvalue weighted by Gasteiger charge is -2.14. The van der Waals surface area contributed by atoms with Crippen molar-refractivity contribution in [1.29, 1.82) is 0 Å². The van der Waals surface area contributed by atoms with Crippen molar-refractivity contribution in [3.05, 3.63) is 55.5 Å². The molecular weight excluding hydrogens is 356 g/mol. The molecule has 3 rings (SSSR count). The highest BCUT2D eigenvalue weighted by Crippen LogP contribution is 2.30.